The summed E-state index contributed by atoms with van der Waals surface area (Å²) in [5.74, 6) is 0. The Kier molecular flexibility index (Phi) is 4.74. The van der Waals surface area contributed by atoms with Gasteiger partial charge in [-0.2, -0.15) is 10.2 Å². The van der Waals surface area contributed by atoms with E-state index in [0.29, 0.717) is 6.04 Å². The molecule has 0 amide bonds. The molecule has 19 heavy (non-hydrogen) atoms. The second kappa shape index (κ2) is 6.52. The van der Waals surface area contributed by atoms with E-state index in [1.165, 1.54) is 5.69 Å². The molecule has 5 nitrogen and oxygen atoms in total. The first-order valence-corrected chi connectivity index (χ1v) is 7.00. The maximum Gasteiger partial charge on any atom is 0.0762 e. The molecule has 2 aromatic heterocycles. The van der Waals surface area contributed by atoms with Crippen molar-refractivity contribution in [2.45, 2.75) is 52.9 Å². The van der Waals surface area contributed by atoms with Crippen LogP contribution < -0.4 is 5.32 Å². The van der Waals surface area contributed by atoms with Gasteiger partial charge in [-0.3, -0.25) is 9.36 Å². The van der Waals surface area contributed by atoms with Crippen LogP contribution in [-0.4, -0.2) is 19.6 Å². The highest BCUT2D eigenvalue weighted by molar-refractivity contribution is 5.03. The van der Waals surface area contributed by atoms with Crippen LogP contribution in [0.4, 0.5) is 0 Å². The van der Waals surface area contributed by atoms with Crippen molar-refractivity contribution in [1.82, 2.24) is 24.9 Å². The summed E-state index contributed by atoms with van der Waals surface area (Å²) in [6.45, 7) is 9.00. The van der Waals surface area contributed by atoms with E-state index < -0.39 is 0 Å². The van der Waals surface area contributed by atoms with E-state index in [-0.39, 0.29) is 0 Å². The lowest BCUT2D eigenvalue weighted by Crippen LogP contribution is -2.18. The van der Waals surface area contributed by atoms with Crippen LogP contribution in [0.25, 0.3) is 0 Å². The SMILES string of the molecule is CC[C@H](C)n1nccc1CNCc1ccn(CC)n1. The van der Waals surface area contributed by atoms with Gasteiger partial charge in [0.05, 0.1) is 11.4 Å². The van der Waals surface area contributed by atoms with E-state index in [4.69, 9.17) is 0 Å². The number of hydrogen-bond acceptors (Lipinski definition) is 3. The molecule has 2 aromatic rings. The van der Waals surface area contributed by atoms with Crippen molar-refractivity contribution in [3.63, 3.8) is 0 Å². The zero-order valence-corrected chi connectivity index (χ0v) is 12.0. The second-order valence-corrected chi connectivity index (χ2v) is 4.79. The summed E-state index contributed by atoms with van der Waals surface area (Å²) in [6.07, 6.45) is 4.98. The van der Waals surface area contributed by atoms with Gasteiger partial charge in [0, 0.05) is 38.1 Å². The lowest BCUT2D eigenvalue weighted by molar-refractivity contribution is 0.451. The first-order valence-electron chi connectivity index (χ1n) is 7.00. The van der Waals surface area contributed by atoms with Crippen LogP contribution in [-0.2, 0) is 19.6 Å². The molecule has 0 spiro atoms. The third-order valence-electron chi connectivity index (χ3n) is 3.39. The highest BCUT2D eigenvalue weighted by Crippen LogP contribution is 2.12. The number of nitrogens with one attached hydrogen (secondary N) is 1. The molecule has 0 unspecified atom stereocenters. The molecule has 0 saturated heterocycles. The molecule has 0 bridgehead atoms. The van der Waals surface area contributed by atoms with Crippen molar-refractivity contribution in [3.8, 4) is 0 Å². The average molecular weight is 261 g/mol. The van der Waals surface area contributed by atoms with Gasteiger partial charge in [-0.25, -0.2) is 0 Å². The molecule has 0 radical (unpaired) electrons. The fourth-order valence-corrected chi connectivity index (χ4v) is 2.04. The van der Waals surface area contributed by atoms with Crippen LogP contribution in [0, 0.1) is 0 Å². The maximum atomic E-state index is 4.45. The first-order chi connectivity index (χ1) is 9.24. The Balaban J connectivity index is 1.87. The van der Waals surface area contributed by atoms with Crippen molar-refractivity contribution >= 4 is 0 Å². The third-order valence-corrected chi connectivity index (χ3v) is 3.39. The van der Waals surface area contributed by atoms with E-state index >= 15 is 0 Å². The van der Waals surface area contributed by atoms with Gasteiger partial charge in [-0.15, -0.1) is 0 Å². The van der Waals surface area contributed by atoms with E-state index in [0.717, 1.165) is 31.7 Å². The Labute approximate surface area is 114 Å². The van der Waals surface area contributed by atoms with E-state index in [2.05, 4.69) is 53.1 Å². The molecule has 1 N–H and O–H groups in total. The summed E-state index contributed by atoms with van der Waals surface area (Å²) in [6, 6.07) is 4.58. The van der Waals surface area contributed by atoms with E-state index in [1.807, 2.05) is 17.1 Å². The smallest absolute Gasteiger partial charge is 0.0762 e. The van der Waals surface area contributed by atoms with Crippen LogP contribution in [0.5, 0.6) is 0 Å². The van der Waals surface area contributed by atoms with Crippen LogP contribution in [0.3, 0.4) is 0 Å². The molecule has 2 heterocycles. The molecule has 0 fully saturated rings. The Morgan fingerprint density at radius 2 is 2.11 bits per heavy atom. The van der Waals surface area contributed by atoms with Gasteiger partial charge in [0.2, 0.25) is 0 Å². The van der Waals surface area contributed by atoms with Crippen LogP contribution >= 0.6 is 0 Å². The monoisotopic (exact) mass is 261 g/mol. The lowest BCUT2D eigenvalue weighted by Gasteiger charge is -2.13. The number of aryl methyl sites for hydroxylation is 1. The number of hydrogen-bond donors (Lipinski definition) is 1. The van der Waals surface area contributed by atoms with Crippen molar-refractivity contribution in [2.75, 3.05) is 0 Å². The van der Waals surface area contributed by atoms with Gasteiger partial charge in [0.25, 0.3) is 0 Å². The normalized spacial score (nSPS) is 12.8. The molecule has 0 aliphatic rings. The van der Waals surface area contributed by atoms with Crippen LogP contribution in [0.1, 0.15) is 44.6 Å². The zero-order valence-electron chi connectivity index (χ0n) is 12.0. The summed E-state index contributed by atoms with van der Waals surface area (Å²) < 4.78 is 4.04. The van der Waals surface area contributed by atoms with Crippen LogP contribution in [0.2, 0.25) is 0 Å². The molecule has 104 valence electrons. The zero-order chi connectivity index (χ0) is 13.7. The predicted molar refractivity (Wildman–Crippen MR) is 75.7 cm³/mol. The topological polar surface area (TPSA) is 47.7 Å². The van der Waals surface area contributed by atoms with Crippen molar-refractivity contribution in [1.29, 1.82) is 0 Å². The van der Waals surface area contributed by atoms with Gasteiger partial charge in [0.1, 0.15) is 0 Å². The minimum Gasteiger partial charge on any atom is -0.305 e. The molecule has 0 saturated carbocycles. The average Bonchev–Trinajstić information content (AvgIpc) is 3.06. The summed E-state index contributed by atoms with van der Waals surface area (Å²) in [5.41, 5.74) is 2.31. The number of aromatic nitrogens is 4. The Morgan fingerprint density at radius 1 is 1.26 bits per heavy atom. The Hall–Kier alpha value is -1.62. The van der Waals surface area contributed by atoms with Crippen LogP contribution in [0.15, 0.2) is 24.5 Å². The van der Waals surface area contributed by atoms with Gasteiger partial charge in [0.15, 0.2) is 0 Å². The molecule has 0 aromatic carbocycles. The van der Waals surface area contributed by atoms with Gasteiger partial charge < -0.3 is 5.32 Å². The molecule has 0 aliphatic carbocycles. The Bertz CT molecular complexity index is 499. The van der Waals surface area contributed by atoms with Crippen molar-refractivity contribution < 1.29 is 0 Å². The highest BCUT2D eigenvalue weighted by Gasteiger charge is 2.08. The van der Waals surface area contributed by atoms with Gasteiger partial charge >= 0.3 is 0 Å². The van der Waals surface area contributed by atoms with E-state index in [9.17, 15) is 0 Å². The minimum absolute atomic E-state index is 0.450. The molecule has 1 atom stereocenters. The molecule has 0 aliphatic heterocycles. The Morgan fingerprint density at radius 3 is 2.79 bits per heavy atom. The van der Waals surface area contributed by atoms with Gasteiger partial charge in [-0.1, -0.05) is 6.92 Å². The highest BCUT2D eigenvalue weighted by atomic mass is 15.3. The second-order valence-electron chi connectivity index (χ2n) is 4.79. The lowest BCUT2D eigenvalue weighted by atomic mass is 10.2. The molecule has 2 rings (SSSR count). The standard InChI is InChI=1S/C14H23N5/c1-4-12(3)19-14(6-8-16-19)11-15-10-13-7-9-18(5-2)17-13/h6-9,12,15H,4-5,10-11H2,1-3H3/t12-/m0/s1. The minimum atomic E-state index is 0.450. The summed E-state index contributed by atoms with van der Waals surface area (Å²) >= 11 is 0. The van der Waals surface area contributed by atoms with E-state index in [1.54, 1.807) is 0 Å². The number of rotatable bonds is 7. The summed E-state index contributed by atoms with van der Waals surface area (Å²) in [4.78, 5) is 0. The summed E-state index contributed by atoms with van der Waals surface area (Å²) in [7, 11) is 0. The van der Waals surface area contributed by atoms with Gasteiger partial charge in [-0.05, 0) is 32.4 Å². The first kappa shape index (κ1) is 13.8. The van der Waals surface area contributed by atoms with Crippen molar-refractivity contribution in [2.24, 2.45) is 0 Å². The quantitative estimate of drug-likeness (QED) is 0.832. The molecule has 5 heteroatoms. The molecular formula is C14H23N5. The fourth-order valence-electron chi connectivity index (χ4n) is 2.04. The number of nitrogens with zero attached hydrogens (tertiary/aromatic N) is 4. The maximum absolute atomic E-state index is 4.45. The summed E-state index contributed by atoms with van der Waals surface area (Å²) in [5, 5.41) is 12.3. The predicted octanol–water partition coefficient (Wildman–Crippen LogP) is 2.36. The molecular weight excluding hydrogens is 238 g/mol. The third kappa shape index (κ3) is 3.44. The fraction of sp³-hybridized carbons (Fsp3) is 0.571. The largest absolute Gasteiger partial charge is 0.305 e. The van der Waals surface area contributed by atoms with Crippen molar-refractivity contribution in [3.05, 3.63) is 35.9 Å².